The molecular formula is C14H14ClN3O. The zero-order valence-electron chi connectivity index (χ0n) is 10.6. The Morgan fingerprint density at radius 3 is 3.16 bits per heavy atom. The number of pyridine rings is 1. The van der Waals surface area contributed by atoms with Gasteiger partial charge in [0.25, 0.3) is 0 Å². The summed E-state index contributed by atoms with van der Waals surface area (Å²) in [6.07, 6.45) is 3.89. The predicted octanol–water partition coefficient (Wildman–Crippen LogP) is 2.75. The zero-order valence-corrected chi connectivity index (χ0v) is 11.4. The number of rotatable bonds is 3. The summed E-state index contributed by atoms with van der Waals surface area (Å²) in [4.78, 5) is 13.2. The lowest BCUT2D eigenvalue weighted by Gasteiger charge is -2.11. The maximum absolute atomic E-state index is 6.06. The number of methoxy groups -OCH3 is 1. The van der Waals surface area contributed by atoms with Gasteiger partial charge in [0.15, 0.2) is 5.82 Å². The maximum atomic E-state index is 6.06. The number of halogens is 1. The largest absolute Gasteiger partial charge is 0.377 e. The van der Waals surface area contributed by atoms with Crippen molar-refractivity contribution in [3.8, 4) is 0 Å². The lowest BCUT2D eigenvalue weighted by Crippen LogP contribution is -2.06. The molecule has 3 rings (SSSR count). The topological polar surface area (TPSA) is 47.9 Å². The van der Waals surface area contributed by atoms with E-state index in [-0.39, 0.29) is 5.92 Å². The number of nitrogens with zero attached hydrogens (tertiary/aromatic N) is 3. The highest BCUT2D eigenvalue weighted by Crippen LogP contribution is 2.36. The molecule has 5 heteroatoms. The van der Waals surface area contributed by atoms with Crippen LogP contribution in [0, 0.1) is 0 Å². The second-order valence-electron chi connectivity index (χ2n) is 4.60. The number of hydrogen-bond donors (Lipinski definition) is 0. The Bertz CT molecular complexity index is 603. The predicted molar refractivity (Wildman–Crippen MR) is 72.2 cm³/mol. The molecule has 0 aliphatic heterocycles. The van der Waals surface area contributed by atoms with Gasteiger partial charge in [0.2, 0.25) is 0 Å². The van der Waals surface area contributed by atoms with E-state index in [1.54, 1.807) is 7.11 Å². The van der Waals surface area contributed by atoms with Crippen LogP contribution in [0.25, 0.3) is 0 Å². The van der Waals surface area contributed by atoms with Gasteiger partial charge >= 0.3 is 0 Å². The molecule has 2 aromatic rings. The molecule has 0 fully saturated rings. The zero-order chi connectivity index (χ0) is 13.2. The Morgan fingerprint density at radius 2 is 2.32 bits per heavy atom. The first-order chi connectivity index (χ1) is 9.28. The van der Waals surface area contributed by atoms with Crippen LogP contribution in [0.5, 0.6) is 0 Å². The van der Waals surface area contributed by atoms with E-state index < -0.39 is 0 Å². The molecule has 0 aromatic carbocycles. The van der Waals surface area contributed by atoms with Crippen molar-refractivity contribution in [1.29, 1.82) is 0 Å². The standard InChI is InChI=1S/C14H14ClN3O/c1-19-8-13-17-11(7-12(15)18-13)10-5-4-9-3-2-6-16-14(9)10/h2-3,6-7,10H,4-5,8H2,1H3. The average Bonchev–Trinajstić information content (AvgIpc) is 2.82. The molecule has 98 valence electrons. The minimum absolute atomic E-state index is 0.215. The Kier molecular flexibility index (Phi) is 3.44. The highest BCUT2D eigenvalue weighted by atomic mass is 35.5. The van der Waals surface area contributed by atoms with Gasteiger partial charge in [0.1, 0.15) is 11.8 Å². The smallest absolute Gasteiger partial charge is 0.155 e. The van der Waals surface area contributed by atoms with Crippen LogP contribution >= 0.6 is 11.6 Å². The van der Waals surface area contributed by atoms with Crippen LogP contribution in [0.1, 0.15) is 35.1 Å². The van der Waals surface area contributed by atoms with Crippen molar-refractivity contribution < 1.29 is 4.74 Å². The second-order valence-corrected chi connectivity index (χ2v) is 4.99. The summed E-state index contributed by atoms with van der Waals surface area (Å²) in [5.74, 6) is 0.835. The van der Waals surface area contributed by atoms with Gasteiger partial charge in [-0.3, -0.25) is 4.98 Å². The molecule has 0 saturated carbocycles. The van der Waals surface area contributed by atoms with Crippen LogP contribution < -0.4 is 0 Å². The van der Waals surface area contributed by atoms with Gasteiger partial charge in [-0.15, -0.1) is 0 Å². The van der Waals surface area contributed by atoms with E-state index in [9.17, 15) is 0 Å². The quantitative estimate of drug-likeness (QED) is 0.808. The van der Waals surface area contributed by atoms with Gasteiger partial charge in [0.05, 0.1) is 11.4 Å². The first-order valence-electron chi connectivity index (χ1n) is 6.24. The monoisotopic (exact) mass is 275 g/mol. The molecule has 2 aromatic heterocycles. The van der Waals surface area contributed by atoms with Crippen molar-refractivity contribution in [1.82, 2.24) is 15.0 Å². The Hall–Kier alpha value is -1.52. The molecule has 0 saturated heterocycles. The summed E-state index contributed by atoms with van der Waals surface area (Å²) in [5.41, 5.74) is 3.35. The van der Waals surface area contributed by atoms with Gasteiger partial charge in [-0.1, -0.05) is 17.7 Å². The van der Waals surface area contributed by atoms with Crippen LogP contribution in [-0.4, -0.2) is 22.1 Å². The molecule has 0 spiro atoms. The Balaban J connectivity index is 1.99. The molecule has 19 heavy (non-hydrogen) atoms. The van der Waals surface area contributed by atoms with Crippen LogP contribution in [0.3, 0.4) is 0 Å². The highest BCUT2D eigenvalue weighted by Gasteiger charge is 2.26. The maximum Gasteiger partial charge on any atom is 0.155 e. The molecule has 1 atom stereocenters. The van der Waals surface area contributed by atoms with Crippen LogP contribution in [0.15, 0.2) is 24.4 Å². The molecule has 0 radical (unpaired) electrons. The van der Waals surface area contributed by atoms with Crippen molar-refractivity contribution >= 4 is 11.6 Å². The first kappa shape index (κ1) is 12.5. The van der Waals surface area contributed by atoms with Gasteiger partial charge < -0.3 is 4.74 Å². The van der Waals surface area contributed by atoms with Gasteiger partial charge in [-0.25, -0.2) is 9.97 Å². The van der Waals surface area contributed by atoms with Gasteiger partial charge in [-0.05, 0) is 30.5 Å². The summed E-state index contributed by atoms with van der Waals surface area (Å²) in [7, 11) is 1.62. The average molecular weight is 276 g/mol. The summed E-state index contributed by atoms with van der Waals surface area (Å²) < 4.78 is 5.07. The number of aryl methyl sites for hydroxylation is 1. The summed E-state index contributed by atoms with van der Waals surface area (Å²) in [5, 5.41) is 0.460. The lowest BCUT2D eigenvalue weighted by atomic mass is 10.0. The molecule has 2 heterocycles. The fourth-order valence-electron chi connectivity index (χ4n) is 2.56. The van der Waals surface area contributed by atoms with Crippen LogP contribution in [0.4, 0.5) is 0 Å². The molecular weight excluding hydrogens is 262 g/mol. The molecule has 1 unspecified atom stereocenters. The van der Waals surface area contributed by atoms with Gasteiger partial charge in [0, 0.05) is 19.2 Å². The van der Waals surface area contributed by atoms with Crippen LogP contribution in [0.2, 0.25) is 5.15 Å². The first-order valence-corrected chi connectivity index (χ1v) is 6.62. The third-order valence-electron chi connectivity index (χ3n) is 3.35. The number of ether oxygens (including phenoxy) is 1. The van der Waals surface area contributed by atoms with Crippen molar-refractivity contribution in [2.45, 2.75) is 25.4 Å². The molecule has 1 aliphatic carbocycles. The Labute approximate surface area is 116 Å². The van der Waals surface area contributed by atoms with Gasteiger partial charge in [-0.2, -0.15) is 0 Å². The van der Waals surface area contributed by atoms with E-state index in [1.165, 1.54) is 5.56 Å². The Morgan fingerprint density at radius 1 is 1.42 bits per heavy atom. The van der Waals surface area contributed by atoms with E-state index >= 15 is 0 Å². The van der Waals surface area contributed by atoms with E-state index in [4.69, 9.17) is 16.3 Å². The fraction of sp³-hybridized carbons (Fsp3) is 0.357. The minimum atomic E-state index is 0.215. The number of aromatic nitrogens is 3. The summed E-state index contributed by atoms with van der Waals surface area (Å²) in [6, 6.07) is 5.93. The second kappa shape index (κ2) is 5.23. The summed E-state index contributed by atoms with van der Waals surface area (Å²) in [6.45, 7) is 0.370. The third kappa shape index (κ3) is 2.46. The van der Waals surface area contributed by atoms with Crippen molar-refractivity contribution in [2.24, 2.45) is 0 Å². The van der Waals surface area contributed by atoms with E-state index in [0.717, 1.165) is 24.2 Å². The molecule has 0 N–H and O–H groups in total. The van der Waals surface area contributed by atoms with E-state index in [0.29, 0.717) is 17.6 Å². The molecule has 4 nitrogen and oxygen atoms in total. The van der Waals surface area contributed by atoms with Crippen molar-refractivity contribution in [3.63, 3.8) is 0 Å². The lowest BCUT2D eigenvalue weighted by molar-refractivity contribution is 0.177. The van der Waals surface area contributed by atoms with Crippen molar-refractivity contribution in [3.05, 3.63) is 52.3 Å². The normalized spacial score (nSPS) is 17.5. The van der Waals surface area contributed by atoms with Crippen molar-refractivity contribution in [2.75, 3.05) is 7.11 Å². The summed E-state index contributed by atoms with van der Waals surface area (Å²) >= 11 is 6.06. The fourth-order valence-corrected chi connectivity index (χ4v) is 2.77. The SMILES string of the molecule is COCc1nc(Cl)cc(C2CCc3cccnc32)n1. The number of fused-ring (bicyclic) bond motifs is 1. The minimum Gasteiger partial charge on any atom is -0.377 e. The van der Waals surface area contributed by atoms with E-state index in [2.05, 4.69) is 21.0 Å². The highest BCUT2D eigenvalue weighted by molar-refractivity contribution is 6.29. The number of hydrogen-bond acceptors (Lipinski definition) is 4. The van der Waals surface area contributed by atoms with Crippen LogP contribution in [-0.2, 0) is 17.8 Å². The molecule has 0 amide bonds. The van der Waals surface area contributed by atoms with E-state index in [1.807, 2.05) is 18.3 Å². The molecule has 0 bridgehead atoms. The third-order valence-corrected chi connectivity index (χ3v) is 3.54. The molecule has 1 aliphatic rings.